The second kappa shape index (κ2) is 4.09. The molecule has 0 atom stereocenters. The number of fused-ring (bicyclic) bond motifs is 1. The second-order valence-electron chi connectivity index (χ2n) is 4.75. The van der Waals surface area contributed by atoms with E-state index in [0.29, 0.717) is 0 Å². The van der Waals surface area contributed by atoms with E-state index >= 15 is 0 Å². The van der Waals surface area contributed by atoms with Crippen LogP contribution in [0.2, 0.25) is 0 Å². The summed E-state index contributed by atoms with van der Waals surface area (Å²) >= 11 is 0. The maximum absolute atomic E-state index is 5.29. The van der Waals surface area contributed by atoms with Crippen molar-refractivity contribution in [1.29, 1.82) is 0 Å². The number of aliphatic imine (C=N–C) groups is 1. The van der Waals surface area contributed by atoms with Crippen LogP contribution in [0, 0.1) is 13.8 Å². The van der Waals surface area contributed by atoms with Crippen molar-refractivity contribution in [3.05, 3.63) is 40.8 Å². The fraction of sp³-hybridized carbons (Fsp3) is 0.333. The lowest BCUT2D eigenvalue weighted by molar-refractivity contribution is 0.393. The van der Waals surface area contributed by atoms with Crippen LogP contribution in [0.1, 0.15) is 29.5 Å². The van der Waals surface area contributed by atoms with Gasteiger partial charge in [0, 0.05) is 17.8 Å². The van der Waals surface area contributed by atoms with E-state index in [4.69, 9.17) is 4.52 Å². The van der Waals surface area contributed by atoms with Crippen LogP contribution in [-0.2, 0) is 6.42 Å². The molecule has 3 nitrogen and oxygen atoms in total. The van der Waals surface area contributed by atoms with Crippen molar-refractivity contribution in [3.8, 4) is 11.1 Å². The lowest BCUT2D eigenvalue weighted by Crippen LogP contribution is -2.11. The average molecular weight is 240 g/mol. The molecule has 18 heavy (non-hydrogen) atoms. The van der Waals surface area contributed by atoms with Gasteiger partial charge in [-0.15, -0.1) is 0 Å². The first-order valence-corrected chi connectivity index (χ1v) is 6.25. The highest BCUT2D eigenvalue weighted by Gasteiger charge is 2.19. The van der Waals surface area contributed by atoms with Gasteiger partial charge in [-0.05, 0) is 43.9 Å². The van der Waals surface area contributed by atoms with Crippen molar-refractivity contribution in [2.75, 3.05) is 6.54 Å². The predicted octanol–water partition coefficient (Wildman–Crippen LogP) is 3.32. The van der Waals surface area contributed by atoms with E-state index in [1.165, 1.54) is 16.7 Å². The van der Waals surface area contributed by atoms with Gasteiger partial charge in [0.25, 0.3) is 0 Å². The molecule has 0 saturated heterocycles. The Morgan fingerprint density at radius 2 is 1.89 bits per heavy atom. The molecule has 2 heterocycles. The highest BCUT2D eigenvalue weighted by Crippen LogP contribution is 2.33. The zero-order valence-corrected chi connectivity index (χ0v) is 10.9. The van der Waals surface area contributed by atoms with Crippen LogP contribution in [0.15, 0.2) is 27.7 Å². The van der Waals surface area contributed by atoms with Gasteiger partial charge >= 0.3 is 0 Å². The summed E-state index contributed by atoms with van der Waals surface area (Å²) in [6, 6.07) is 6.39. The van der Waals surface area contributed by atoms with Crippen LogP contribution >= 0.6 is 0 Å². The van der Waals surface area contributed by atoms with Gasteiger partial charge in [0.15, 0.2) is 0 Å². The summed E-state index contributed by atoms with van der Waals surface area (Å²) in [6.07, 6.45) is 0.993. The Morgan fingerprint density at radius 3 is 2.61 bits per heavy atom. The predicted molar refractivity (Wildman–Crippen MR) is 72.2 cm³/mol. The molecule has 1 aliphatic heterocycles. The monoisotopic (exact) mass is 240 g/mol. The van der Waals surface area contributed by atoms with Crippen molar-refractivity contribution in [2.45, 2.75) is 27.2 Å². The molecule has 0 amide bonds. The molecule has 3 heteroatoms. The summed E-state index contributed by atoms with van der Waals surface area (Å²) < 4.78 is 5.29. The molecule has 1 aromatic carbocycles. The second-order valence-corrected chi connectivity index (χ2v) is 4.75. The van der Waals surface area contributed by atoms with Gasteiger partial charge in [-0.25, -0.2) is 0 Å². The smallest absolute Gasteiger partial charge is 0.141 e. The van der Waals surface area contributed by atoms with Gasteiger partial charge in [-0.2, -0.15) is 0 Å². The number of hydrogen-bond donors (Lipinski definition) is 0. The van der Waals surface area contributed by atoms with Crippen LogP contribution in [0.5, 0.6) is 0 Å². The Kier molecular flexibility index (Phi) is 2.54. The highest BCUT2D eigenvalue weighted by molar-refractivity contribution is 6.02. The Labute approximate surface area is 107 Å². The molecule has 2 aromatic rings. The normalized spacial score (nSPS) is 14.3. The molecule has 0 radical (unpaired) electrons. The summed E-state index contributed by atoms with van der Waals surface area (Å²) in [5, 5.41) is 4.06. The molecule has 0 fully saturated rings. The molecular weight excluding hydrogens is 224 g/mol. The van der Waals surface area contributed by atoms with Crippen molar-refractivity contribution in [1.82, 2.24) is 5.16 Å². The topological polar surface area (TPSA) is 38.4 Å². The van der Waals surface area contributed by atoms with E-state index in [9.17, 15) is 0 Å². The number of nitrogens with zero attached hydrogens (tertiary/aromatic N) is 2. The van der Waals surface area contributed by atoms with Gasteiger partial charge in [0.05, 0.1) is 5.69 Å². The van der Waals surface area contributed by atoms with E-state index < -0.39 is 0 Å². The summed E-state index contributed by atoms with van der Waals surface area (Å²) in [5.41, 5.74) is 7.11. The first kappa shape index (κ1) is 11.2. The Morgan fingerprint density at radius 1 is 1.11 bits per heavy atom. The van der Waals surface area contributed by atoms with Gasteiger partial charge in [0.1, 0.15) is 5.76 Å². The molecule has 1 aliphatic rings. The molecule has 1 aromatic heterocycles. The van der Waals surface area contributed by atoms with E-state index in [1.54, 1.807) is 0 Å². The van der Waals surface area contributed by atoms with E-state index in [2.05, 4.69) is 35.3 Å². The maximum atomic E-state index is 5.29. The molecule has 0 bridgehead atoms. The Balaban J connectivity index is 2.26. The van der Waals surface area contributed by atoms with Crippen molar-refractivity contribution < 1.29 is 4.52 Å². The van der Waals surface area contributed by atoms with Gasteiger partial charge in [-0.1, -0.05) is 23.4 Å². The first-order chi connectivity index (χ1) is 8.68. The molecule has 0 N–H and O–H groups in total. The first-order valence-electron chi connectivity index (χ1n) is 6.25. The van der Waals surface area contributed by atoms with Crippen LogP contribution < -0.4 is 0 Å². The third-order valence-corrected chi connectivity index (χ3v) is 3.58. The molecular formula is C15H16N2O. The standard InChI is InChI=1S/C15H16N2O/c1-9-12-5-4-6-14(13(12)7-8-16-9)15-10(2)17-18-11(15)3/h4-6H,7-8H2,1-3H3. The lowest BCUT2D eigenvalue weighted by atomic mass is 9.89. The van der Waals surface area contributed by atoms with E-state index in [-0.39, 0.29) is 0 Å². The summed E-state index contributed by atoms with van der Waals surface area (Å²) in [6.45, 7) is 6.92. The maximum Gasteiger partial charge on any atom is 0.141 e. The molecule has 0 spiro atoms. The van der Waals surface area contributed by atoms with Crippen LogP contribution in [0.4, 0.5) is 0 Å². The van der Waals surface area contributed by atoms with Gasteiger partial charge in [-0.3, -0.25) is 4.99 Å². The molecule has 0 aliphatic carbocycles. The Hall–Kier alpha value is -1.90. The number of benzene rings is 1. The third kappa shape index (κ3) is 1.58. The summed E-state index contributed by atoms with van der Waals surface area (Å²) in [5.74, 6) is 0.890. The van der Waals surface area contributed by atoms with Crippen LogP contribution in [0.25, 0.3) is 11.1 Å². The number of aromatic nitrogens is 1. The molecule has 92 valence electrons. The van der Waals surface area contributed by atoms with E-state index in [0.717, 1.165) is 35.7 Å². The van der Waals surface area contributed by atoms with E-state index in [1.807, 2.05) is 13.8 Å². The van der Waals surface area contributed by atoms with Crippen molar-refractivity contribution in [3.63, 3.8) is 0 Å². The quantitative estimate of drug-likeness (QED) is 0.767. The zero-order valence-electron chi connectivity index (χ0n) is 10.9. The number of hydrogen-bond acceptors (Lipinski definition) is 3. The van der Waals surface area contributed by atoms with Crippen LogP contribution in [0.3, 0.4) is 0 Å². The largest absolute Gasteiger partial charge is 0.361 e. The van der Waals surface area contributed by atoms with Crippen molar-refractivity contribution >= 4 is 5.71 Å². The molecule has 0 unspecified atom stereocenters. The SMILES string of the molecule is CC1=NCCc2c1cccc2-c1c(C)noc1C. The fourth-order valence-electron chi connectivity index (χ4n) is 2.72. The highest BCUT2D eigenvalue weighted by atomic mass is 16.5. The zero-order chi connectivity index (χ0) is 12.7. The summed E-state index contributed by atoms with van der Waals surface area (Å²) in [7, 11) is 0. The van der Waals surface area contributed by atoms with Gasteiger partial charge < -0.3 is 4.52 Å². The van der Waals surface area contributed by atoms with Crippen LogP contribution in [-0.4, -0.2) is 17.4 Å². The minimum atomic E-state index is 0.874. The Bertz CT molecular complexity index is 618. The van der Waals surface area contributed by atoms with Crippen molar-refractivity contribution in [2.24, 2.45) is 4.99 Å². The van der Waals surface area contributed by atoms with Gasteiger partial charge in [0.2, 0.25) is 0 Å². The number of aryl methyl sites for hydroxylation is 2. The average Bonchev–Trinajstić information content (AvgIpc) is 2.69. The molecule has 0 saturated carbocycles. The summed E-state index contributed by atoms with van der Waals surface area (Å²) in [4.78, 5) is 4.52. The minimum absolute atomic E-state index is 0.874. The fourth-order valence-corrected chi connectivity index (χ4v) is 2.72. The lowest BCUT2D eigenvalue weighted by Gasteiger charge is -2.18. The minimum Gasteiger partial charge on any atom is -0.361 e. The third-order valence-electron chi connectivity index (χ3n) is 3.58. The number of rotatable bonds is 1. The molecule has 3 rings (SSSR count).